The van der Waals surface area contributed by atoms with E-state index in [1.807, 2.05) is 6.92 Å². The SMILES string of the molecule is CCOc1c(Br)cc(C(=O)NC(CN)CC(C)C)cc1OC. The number of carbonyl (C=O) groups is 1. The molecule has 3 N–H and O–H groups in total. The van der Waals surface area contributed by atoms with Crippen LogP contribution < -0.4 is 20.5 Å². The normalized spacial score (nSPS) is 12.1. The van der Waals surface area contributed by atoms with Crippen LogP contribution in [0.1, 0.15) is 37.6 Å². The van der Waals surface area contributed by atoms with Gasteiger partial charge in [0.15, 0.2) is 11.5 Å². The Labute approximate surface area is 140 Å². The molecule has 0 aliphatic carbocycles. The van der Waals surface area contributed by atoms with Gasteiger partial charge in [-0.3, -0.25) is 4.79 Å². The summed E-state index contributed by atoms with van der Waals surface area (Å²) in [7, 11) is 1.55. The van der Waals surface area contributed by atoms with Crippen molar-refractivity contribution >= 4 is 21.8 Å². The van der Waals surface area contributed by atoms with Gasteiger partial charge in [-0.1, -0.05) is 13.8 Å². The van der Waals surface area contributed by atoms with Gasteiger partial charge in [0.2, 0.25) is 0 Å². The van der Waals surface area contributed by atoms with Crippen LogP contribution in [-0.2, 0) is 0 Å². The highest BCUT2D eigenvalue weighted by atomic mass is 79.9. The molecule has 0 saturated carbocycles. The Morgan fingerprint density at radius 2 is 2.09 bits per heavy atom. The second kappa shape index (κ2) is 9.00. The molecule has 1 unspecified atom stereocenters. The van der Waals surface area contributed by atoms with Gasteiger partial charge in [0, 0.05) is 18.2 Å². The maximum absolute atomic E-state index is 12.4. The molecule has 22 heavy (non-hydrogen) atoms. The second-order valence-corrected chi connectivity index (χ2v) is 6.31. The van der Waals surface area contributed by atoms with Crippen molar-refractivity contribution in [2.75, 3.05) is 20.3 Å². The fourth-order valence-electron chi connectivity index (χ4n) is 2.19. The third kappa shape index (κ3) is 5.18. The first-order chi connectivity index (χ1) is 10.4. The smallest absolute Gasteiger partial charge is 0.251 e. The van der Waals surface area contributed by atoms with Crippen LogP contribution in [0.2, 0.25) is 0 Å². The summed E-state index contributed by atoms with van der Waals surface area (Å²) in [6.07, 6.45) is 0.845. The molecule has 1 rings (SSSR count). The second-order valence-electron chi connectivity index (χ2n) is 5.46. The third-order valence-corrected chi connectivity index (χ3v) is 3.75. The summed E-state index contributed by atoms with van der Waals surface area (Å²) in [5, 5.41) is 2.96. The quantitative estimate of drug-likeness (QED) is 0.735. The molecule has 0 heterocycles. The van der Waals surface area contributed by atoms with E-state index in [0.29, 0.717) is 40.6 Å². The van der Waals surface area contributed by atoms with Crippen LogP contribution in [0.3, 0.4) is 0 Å². The largest absolute Gasteiger partial charge is 0.493 e. The van der Waals surface area contributed by atoms with Crippen LogP contribution in [0.5, 0.6) is 11.5 Å². The van der Waals surface area contributed by atoms with Gasteiger partial charge in [0.05, 0.1) is 18.2 Å². The first-order valence-corrected chi connectivity index (χ1v) is 8.23. The van der Waals surface area contributed by atoms with Crippen molar-refractivity contribution in [2.24, 2.45) is 11.7 Å². The Hall–Kier alpha value is -1.27. The molecule has 1 aromatic carbocycles. The summed E-state index contributed by atoms with van der Waals surface area (Å²) in [6, 6.07) is 3.36. The molecular weight excluding hydrogens is 348 g/mol. The van der Waals surface area contributed by atoms with E-state index >= 15 is 0 Å². The molecule has 5 nitrogen and oxygen atoms in total. The summed E-state index contributed by atoms with van der Waals surface area (Å²) in [5.41, 5.74) is 6.24. The highest BCUT2D eigenvalue weighted by Gasteiger charge is 2.18. The van der Waals surface area contributed by atoms with Crippen LogP contribution in [0.4, 0.5) is 0 Å². The standard InChI is InChI=1S/C16H25BrN2O3/c1-5-22-15-13(17)7-11(8-14(15)21-4)16(20)19-12(9-18)6-10(2)3/h7-8,10,12H,5-6,9,18H2,1-4H3,(H,19,20). The summed E-state index contributed by atoms with van der Waals surface area (Å²) >= 11 is 3.42. The monoisotopic (exact) mass is 372 g/mol. The van der Waals surface area contributed by atoms with Gasteiger partial charge in [-0.25, -0.2) is 0 Å². The van der Waals surface area contributed by atoms with E-state index in [-0.39, 0.29) is 11.9 Å². The van der Waals surface area contributed by atoms with E-state index in [4.69, 9.17) is 15.2 Å². The summed E-state index contributed by atoms with van der Waals surface area (Å²) in [6.45, 7) is 7.03. The molecule has 0 radical (unpaired) electrons. The fourth-order valence-corrected chi connectivity index (χ4v) is 2.74. The number of nitrogens with one attached hydrogen (secondary N) is 1. The lowest BCUT2D eigenvalue weighted by Gasteiger charge is -2.19. The topological polar surface area (TPSA) is 73.6 Å². The summed E-state index contributed by atoms with van der Waals surface area (Å²) in [5.74, 6) is 1.42. The highest BCUT2D eigenvalue weighted by molar-refractivity contribution is 9.10. The van der Waals surface area contributed by atoms with Gasteiger partial charge in [-0.05, 0) is 47.3 Å². The number of hydrogen-bond acceptors (Lipinski definition) is 4. The lowest BCUT2D eigenvalue weighted by Crippen LogP contribution is -2.41. The Morgan fingerprint density at radius 1 is 1.41 bits per heavy atom. The number of ether oxygens (including phenoxy) is 2. The van der Waals surface area contributed by atoms with Crippen LogP contribution in [0, 0.1) is 5.92 Å². The number of carbonyl (C=O) groups excluding carboxylic acids is 1. The minimum Gasteiger partial charge on any atom is -0.493 e. The number of rotatable bonds is 8. The van der Waals surface area contributed by atoms with E-state index in [9.17, 15) is 4.79 Å². The Kier molecular flexibility index (Phi) is 7.68. The lowest BCUT2D eigenvalue weighted by atomic mass is 10.0. The molecule has 0 fully saturated rings. The number of benzene rings is 1. The molecule has 6 heteroatoms. The van der Waals surface area contributed by atoms with Gasteiger partial charge in [0.1, 0.15) is 0 Å². The van der Waals surface area contributed by atoms with Gasteiger partial charge in [-0.2, -0.15) is 0 Å². The third-order valence-electron chi connectivity index (χ3n) is 3.16. The minimum absolute atomic E-state index is 0.0381. The summed E-state index contributed by atoms with van der Waals surface area (Å²) in [4.78, 5) is 12.4. The molecule has 0 bridgehead atoms. The maximum Gasteiger partial charge on any atom is 0.251 e. The van der Waals surface area contributed by atoms with E-state index in [0.717, 1.165) is 6.42 Å². The first kappa shape index (κ1) is 18.8. The van der Waals surface area contributed by atoms with Gasteiger partial charge in [-0.15, -0.1) is 0 Å². The molecule has 0 saturated heterocycles. The zero-order chi connectivity index (χ0) is 16.7. The number of methoxy groups -OCH3 is 1. The number of hydrogen-bond donors (Lipinski definition) is 2. The number of halogens is 1. The van der Waals surface area contributed by atoms with Crippen LogP contribution in [-0.4, -0.2) is 32.2 Å². The Morgan fingerprint density at radius 3 is 2.59 bits per heavy atom. The van der Waals surface area contributed by atoms with Crippen LogP contribution in [0.15, 0.2) is 16.6 Å². The van der Waals surface area contributed by atoms with Crippen molar-refractivity contribution in [1.82, 2.24) is 5.32 Å². The van der Waals surface area contributed by atoms with E-state index < -0.39 is 0 Å². The average molecular weight is 373 g/mol. The zero-order valence-corrected chi connectivity index (χ0v) is 15.2. The lowest BCUT2D eigenvalue weighted by molar-refractivity contribution is 0.0933. The Balaban J connectivity index is 2.96. The molecule has 0 aliphatic heterocycles. The first-order valence-electron chi connectivity index (χ1n) is 7.44. The minimum atomic E-state index is -0.168. The van der Waals surface area contributed by atoms with Gasteiger partial charge < -0.3 is 20.5 Å². The van der Waals surface area contributed by atoms with Gasteiger partial charge >= 0.3 is 0 Å². The Bertz CT molecular complexity index is 506. The van der Waals surface area contributed by atoms with Crippen molar-refractivity contribution in [3.63, 3.8) is 0 Å². The molecule has 1 aromatic rings. The van der Waals surface area contributed by atoms with Crippen LogP contribution in [0.25, 0.3) is 0 Å². The van der Waals surface area contributed by atoms with Crippen molar-refractivity contribution in [2.45, 2.75) is 33.2 Å². The van der Waals surface area contributed by atoms with Gasteiger partial charge in [0.25, 0.3) is 5.91 Å². The molecule has 0 aliphatic rings. The van der Waals surface area contributed by atoms with Crippen molar-refractivity contribution in [1.29, 1.82) is 0 Å². The van der Waals surface area contributed by atoms with E-state index in [2.05, 4.69) is 35.1 Å². The van der Waals surface area contributed by atoms with Crippen LogP contribution >= 0.6 is 15.9 Å². The predicted octanol–water partition coefficient (Wildman–Crippen LogP) is 2.96. The van der Waals surface area contributed by atoms with Crippen molar-refractivity contribution in [3.05, 3.63) is 22.2 Å². The highest BCUT2D eigenvalue weighted by Crippen LogP contribution is 2.36. The average Bonchev–Trinajstić information content (AvgIpc) is 2.47. The van der Waals surface area contributed by atoms with E-state index in [1.54, 1.807) is 19.2 Å². The summed E-state index contributed by atoms with van der Waals surface area (Å²) < 4.78 is 11.5. The predicted molar refractivity (Wildman–Crippen MR) is 91.6 cm³/mol. The molecule has 1 atom stereocenters. The maximum atomic E-state index is 12.4. The fraction of sp³-hybridized carbons (Fsp3) is 0.562. The molecular formula is C16H25BrN2O3. The molecule has 1 amide bonds. The number of amides is 1. The number of nitrogens with two attached hydrogens (primary N) is 1. The molecule has 0 aromatic heterocycles. The molecule has 124 valence electrons. The van der Waals surface area contributed by atoms with Crippen molar-refractivity contribution in [3.8, 4) is 11.5 Å². The van der Waals surface area contributed by atoms with Crippen molar-refractivity contribution < 1.29 is 14.3 Å². The van der Waals surface area contributed by atoms with E-state index in [1.165, 1.54) is 0 Å². The zero-order valence-electron chi connectivity index (χ0n) is 13.6. The molecule has 0 spiro atoms.